The van der Waals surface area contributed by atoms with Gasteiger partial charge in [0.15, 0.2) is 11.2 Å². The fraction of sp³-hybridized carbons (Fsp3) is 0.341. The van der Waals surface area contributed by atoms with Crippen molar-refractivity contribution >= 4 is 51.7 Å². The van der Waals surface area contributed by atoms with Gasteiger partial charge in [-0.1, -0.05) is 18.2 Å². The summed E-state index contributed by atoms with van der Waals surface area (Å²) in [6.45, 7) is 3.59. The third-order valence-electron chi connectivity index (χ3n) is 12.0. The quantitative estimate of drug-likeness (QED) is 0.208. The SMILES string of the molecule is O=C1CCN(c2ccc(CN3C4CCC3CN(c3ccc(-c5cc(F)c6c(c5)C(=O)N(C(C(=O)Nc5nccs5)c5ncn7c5CCC7)C6)cc3)C4)cn2)C(=O)N1. The van der Waals surface area contributed by atoms with E-state index in [-0.39, 0.29) is 30.0 Å². The predicted molar refractivity (Wildman–Crippen MR) is 210 cm³/mol. The van der Waals surface area contributed by atoms with Gasteiger partial charge in [-0.15, -0.1) is 11.3 Å². The predicted octanol–water partition coefficient (Wildman–Crippen LogP) is 5.12. The summed E-state index contributed by atoms with van der Waals surface area (Å²) in [4.78, 5) is 73.0. The number of aromatic nitrogens is 4. The third-order valence-corrected chi connectivity index (χ3v) is 12.7. The molecule has 5 aromatic rings. The molecule has 3 unspecified atom stereocenters. The summed E-state index contributed by atoms with van der Waals surface area (Å²) in [5.74, 6) is -1.06. The van der Waals surface area contributed by atoms with Crippen molar-refractivity contribution in [1.29, 1.82) is 0 Å². The molecule has 10 rings (SSSR count). The molecule has 14 nitrogen and oxygen atoms in total. The summed E-state index contributed by atoms with van der Waals surface area (Å²) >= 11 is 1.28. The van der Waals surface area contributed by atoms with Gasteiger partial charge in [0.2, 0.25) is 5.91 Å². The smallest absolute Gasteiger partial charge is 0.329 e. The molecule has 0 radical (unpaired) electrons. The number of carbonyl (C=O) groups is 4. The number of rotatable bonds is 9. The van der Waals surface area contributed by atoms with Crippen LogP contribution in [0.2, 0.25) is 0 Å². The summed E-state index contributed by atoms with van der Waals surface area (Å²) in [5, 5.41) is 7.37. The van der Waals surface area contributed by atoms with Gasteiger partial charge in [-0.25, -0.2) is 24.1 Å². The van der Waals surface area contributed by atoms with Gasteiger partial charge in [0.1, 0.15) is 11.6 Å². The van der Waals surface area contributed by atoms with E-state index >= 15 is 4.39 Å². The van der Waals surface area contributed by atoms with E-state index in [9.17, 15) is 19.2 Å². The zero-order valence-electron chi connectivity index (χ0n) is 30.9. The van der Waals surface area contributed by atoms with Crippen LogP contribution >= 0.6 is 11.3 Å². The van der Waals surface area contributed by atoms with Crippen molar-refractivity contribution in [3.8, 4) is 11.1 Å². The van der Waals surface area contributed by atoms with Crippen LogP contribution in [0, 0.1) is 5.82 Å². The van der Waals surface area contributed by atoms with Crippen molar-refractivity contribution < 1.29 is 23.6 Å². The number of imidazole rings is 1. The summed E-state index contributed by atoms with van der Waals surface area (Å²) in [5.41, 5.74) is 5.52. The van der Waals surface area contributed by atoms with Crippen LogP contribution in [0.3, 0.4) is 0 Å². The number of nitrogens with zero attached hydrogens (tertiary/aromatic N) is 8. The topological polar surface area (TPSA) is 149 Å². The van der Waals surface area contributed by atoms with Crippen LogP contribution in [0.4, 0.5) is 25.8 Å². The number of hydrogen-bond donors (Lipinski definition) is 2. The Balaban J connectivity index is 0.828. The Bertz CT molecular complexity index is 2390. The molecule has 2 N–H and O–H groups in total. The molecule has 8 heterocycles. The fourth-order valence-corrected chi connectivity index (χ4v) is 9.68. The molecule has 3 aromatic heterocycles. The minimum Gasteiger partial charge on any atom is -0.368 e. The lowest BCUT2D eigenvalue weighted by molar-refractivity contribution is -0.121. The van der Waals surface area contributed by atoms with Crippen molar-refractivity contribution in [2.45, 2.75) is 69.9 Å². The molecule has 3 atom stereocenters. The normalized spacial score (nSPS) is 20.9. The first kappa shape index (κ1) is 35.4. The number of piperazine rings is 1. The van der Waals surface area contributed by atoms with E-state index in [1.807, 2.05) is 35.0 Å². The largest absolute Gasteiger partial charge is 0.368 e. The average Bonchev–Trinajstić information content (AvgIpc) is 4.05. The van der Waals surface area contributed by atoms with Gasteiger partial charge >= 0.3 is 6.03 Å². The van der Waals surface area contributed by atoms with Crippen LogP contribution in [0.5, 0.6) is 0 Å². The van der Waals surface area contributed by atoms with Crippen molar-refractivity contribution in [2.24, 2.45) is 0 Å². The first-order valence-electron chi connectivity index (χ1n) is 19.3. The zero-order valence-corrected chi connectivity index (χ0v) is 31.8. The number of thiazole rings is 1. The maximum Gasteiger partial charge on any atom is 0.329 e. The number of carbonyl (C=O) groups excluding carboxylic acids is 4. The van der Waals surface area contributed by atoms with E-state index in [2.05, 4.69) is 47.5 Å². The number of aryl methyl sites for hydroxylation is 1. The van der Waals surface area contributed by atoms with Gasteiger partial charge in [-0.05, 0) is 72.7 Å². The molecule has 0 spiro atoms. The standard InChI is InChI=1S/C41H39FN10O4S/c42-32-17-26(16-30-31(32)22-52(39(30)55)37(38(54)47-40-43-12-15-57-40)36-33-2-1-13-48(33)23-45-36)25-4-6-27(7-5-25)49-20-28-8-9-29(21-49)51(28)19-24-3-10-34(44-18-24)50-14-11-35(53)46-41(50)56/h3-7,10,12,15-18,23,28-29,37H,1-2,8-9,11,13-14,19-22H2,(H,43,47,54)(H,46,53,56). The lowest BCUT2D eigenvalue weighted by Gasteiger charge is -2.42. The van der Waals surface area contributed by atoms with E-state index in [4.69, 9.17) is 0 Å². The number of urea groups is 1. The van der Waals surface area contributed by atoms with E-state index in [0.29, 0.717) is 40.8 Å². The van der Waals surface area contributed by atoms with Crippen LogP contribution in [-0.4, -0.2) is 84.8 Å². The molecule has 5 aliphatic heterocycles. The summed E-state index contributed by atoms with van der Waals surface area (Å²) in [6.07, 6.45) is 9.26. The monoisotopic (exact) mass is 786 g/mol. The molecule has 2 bridgehead atoms. The van der Waals surface area contributed by atoms with E-state index in [1.165, 1.54) is 27.2 Å². The number of amides is 5. The molecule has 3 saturated heterocycles. The number of imide groups is 1. The first-order valence-corrected chi connectivity index (χ1v) is 20.2. The molecule has 290 valence electrons. The molecular formula is C41H39FN10O4S. The molecule has 5 amide bonds. The second kappa shape index (κ2) is 14.2. The Kier molecular flexibility index (Phi) is 8.81. The van der Waals surface area contributed by atoms with Crippen molar-refractivity contribution in [3.05, 3.63) is 107 Å². The zero-order chi connectivity index (χ0) is 38.8. The average molecular weight is 787 g/mol. The molecule has 5 aliphatic rings. The Hall–Kier alpha value is -6.00. The third kappa shape index (κ3) is 6.42. The van der Waals surface area contributed by atoms with Crippen LogP contribution < -0.4 is 20.4 Å². The summed E-state index contributed by atoms with van der Waals surface area (Å²) < 4.78 is 18.0. The highest BCUT2D eigenvalue weighted by atomic mass is 32.1. The lowest BCUT2D eigenvalue weighted by Crippen LogP contribution is -2.53. The lowest BCUT2D eigenvalue weighted by atomic mass is 9.99. The van der Waals surface area contributed by atoms with Crippen molar-refractivity contribution in [1.82, 2.24) is 34.6 Å². The summed E-state index contributed by atoms with van der Waals surface area (Å²) in [7, 11) is 0. The van der Waals surface area contributed by atoms with Gasteiger partial charge in [0.25, 0.3) is 11.8 Å². The number of hydrogen-bond acceptors (Lipinski definition) is 10. The van der Waals surface area contributed by atoms with Crippen molar-refractivity contribution in [2.75, 3.05) is 34.8 Å². The molecule has 0 saturated carbocycles. The van der Waals surface area contributed by atoms with Gasteiger partial charge < -0.3 is 14.4 Å². The highest BCUT2D eigenvalue weighted by Crippen LogP contribution is 2.39. The number of benzene rings is 2. The van der Waals surface area contributed by atoms with Gasteiger partial charge in [-0.2, -0.15) is 0 Å². The maximum absolute atomic E-state index is 16.0. The Morgan fingerprint density at radius 3 is 2.53 bits per heavy atom. The van der Waals surface area contributed by atoms with Crippen LogP contribution in [-0.2, 0) is 35.6 Å². The minimum absolute atomic E-state index is 0.0435. The highest BCUT2D eigenvalue weighted by Gasteiger charge is 2.43. The Labute approximate surface area is 331 Å². The van der Waals surface area contributed by atoms with Crippen LogP contribution in [0.25, 0.3) is 11.1 Å². The molecule has 16 heteroatoms. The molecule has 2 aromatic carbocycles. The molecule has 0 aliphatic carbocycles. The van der Waals surface area contributed by atoms with Gasteiger partial charge in [0.05, 0.1) is 18.6 Å². The van der Waals surface area contributed by atoms with Crippen LogP contribution in [0.15, 0.2) is 72.6 Å². The van der Waals surface area contributed by atoms with Crippen LogP contribution in [0.1, 0.15) is 64.6 Å². The van der Waals surface area contributed by atoms with Gasteiger partial charge in [0, 0.05) is 91.5 Å². The summed E-state index contributed by atoms with van der Waals surface area (Å²) in [6, 6.07) is 14.4. The minimum atomic E-state index is -1.04. The second-order valence-corrected chi connectivity index (χ2v) is 16.2. The number of fused-ring (bicyclic) bond motifs is 4. The second-order valence-electron chi connectivity index (χ2n) is 15.3. The van der Waals surface area contributed by atoms with Crippen molar-refractivity contribution in [3.63, 3.8) is 0 Å². The first-order chi connectivity index (χ1) is 27.8. The molecule has 57 heavy (non-hydrogen) atoms. The Morgan fingerprint density at radius 2 is 1.79 bits per heavy atom. The number of pyridine rings is 1. The Morgan fingerprint density at radius 1 is 0.965 bits per heavy atom. The fourth-order valence-electron chi connectivity index (χ4n) is 9.15. The van der Waals surface area contributed by atoms with Gasteiger partial charge in [-0.3, -0.25) is 34.8 Å². The van der Waals surface area contributed by atoms with E-state index in [0.717, 1.165) is 74.4 Å². The molecule has 3 fully saturated rings. The number of anilines is 3. The van der Waals surface area contributed by atoms with E-state index in [1.54, 1.807) is 24.0 Å². The maximum atomic E-state index is 16.0. The highest BCUT2D eigenvalue weighted by molar-refractivity contribution is 7.13. The number of nitrogens with one attached hydrogen (secondary N) is 2. The molecular weight excluding hydrogens is 748 g/mol. The number of halogens is 1. The van der Waals surface area contributed by atoms with E-state index < -0.39 is 29.7 Å².